The summed E-state index contributed by atoms with van der Waals surface area (Å²) in [5.74, 6) is 0.537. The fraction of sp³-hybridized carbons (Fsp3) is 0.286. The van der Waals surface area contributed by atoms with Gasteiger partial charge < -0.3 is 5.73 Å². The van der Waals surface area contributed by atoms with Gasteiger partial charge in [0.05, 0.1) is 11.0 Å². The van der Waals surface area contributed by atoms with Crippen molar-refractivity contribution in [2.75, 3.05) is 5.73 Å². The van der Waals surface area contributed by atoms with Crippen LogP contribution in [0.4, 0.5) is 5.82 Å². The van der Waals surface area contributed by atoms with E-state index in [2.05, 4.69) is 21.0 Å². The molecule has 11 heavy (non-hydrogen) atoms. The first-order valence-electron chi connectivity index (χ1n) is 3.33. The van der Waals surface area contributed by atoms with Crippen molar-refractivity contribution in [2.24, 2.45) is 0 Å². The first kappa shape index (κ1) is 8.33. The standard InChI is InChI=1S/C7H10BrN3/c1-2-3-4-11-5-6(8)7(9)10-11/h2-3,5H,4H2,1H3,(H2,9,10)/b3-2+. The Morgan fingerprint density at radius 3 is 3.00 bits per heavy atom. The Labute approximate surface area is 74.0 Å². The Morgan fingerprint density at radius 2 is 2.55 bits per heavy atom. The maximum Gasteiger partial charge on any atom is 0.159 e. The molecule has 0 radical (unpaired) electrons. The molecule has 60 valence electrons. The van der Waals surface area contributed by atoms with Gasteiger partial charge in [0.25, 0.3) is 0 Å². The van der Waals surface area contributed by atoms with Gasteiger partial charge in [0.2, 0.25) is 0 Å². The minimum Gasteiger partial charge on any atom is -0.381 e. The highest BCUT2D eigenvalue weighted by atomic mass is 79.9. The van der Waals surface area contributed by atoms with Gasteiger partial charge in [0.1, 0.15) is 0 Å². The van der Waals surface area contributed by atoms with Crippen LogP contribution in [0.5, 0.6) is 0 Å². The lowest BCUT2D eigenvalue weighted by molar-refractivity contribution is 0.704. The van der Waals surface area contributed by atoms with Crippen LogP contribution in [0.2, 0.25) is 0 Å². The van der Waals surface area contributed by atoms with Gasteiger partial charge in [-0.15, -0.1) is 0 Å². The summed E-state index contributed by atoms with van der Waals surface area (Å²) in [5, 5.41) is 4.04. The second-order valence-corrected chi connectivity index (χ2v) is 3.01. The Hall–Kier alpha value is -0.770. The molecule has 4 heteroatoms. The average Bonchev–Trinajstić information content (AvgIpc) is 2.28. The number of hydrogen-bond acceptors (Lipinski definition) is 2. The Morgan fingerprint density at radius 1 is 1.82 bits per heavy atom. The summed E-state index contributed by atoms with van der Waals surface area (Å²) in [4.78, 5) is 0. The minimum absolute atomic E-state index is 0.537. The molecular formula is C7H10BrN3. The van der Waals surface area contributed by atoms with E-state index in [0.717, 1.165) is 11.0 Å². The van der Waals surface area contributed by atoms with Crippen molar-refractivity contribution in [3.63, 3.8) is 0 Å². The molecule has 0 saturated carbocycles. The second-order valence-electron chi connectivity index (χ2n) is 2.15. The normalized spacial score (nSPS) is 11.1. The van der Waals surface area contributed by atoms with Crippen molar-refractivity contribution >= 4 is 21.7 Å². The third kappa shape index (κ3) is 2.08. The summed E-state index contributed by atoms with van der Waals surface area (Å²) in [7, 11) is 0. The van der Waals surface area contributed by atoms with Crippen molar-refractivity contribution in [3.8, 4) is 0 Å². The highest BCUT2D eigenvalue weighted by molar-refractivity contribution is 9.10. The van der Waals surface area contributed by atoms with E-state index in [-0.39, 0.29) is 0 Å². The van der Waals surface area contributed by atoms with Crippen molar-refractivity contribution in [2.45, 2.75) is 13.5 Å². The molecule has 0 unspecified atom stereocenters. The topological polar surface area (TPSA) is 43.8 Å². The molecule has 0 amide bonds. The molecule has 0 aliphatic carbocycles. The molecule has 0 fully saturated rings. The van der Waals surface area contributed by atoms with Gasteiger partial charge in [-0.3, -0.25) is 4.68 Å². The third-order valence-corrected chi connectivity index (χ3v) is 1.88. The SMILES string of the molecule is C/C=C/Cn1cc(Br)c(N)n1. The molecule has 1 aromatic rings. The smallest absolute Gasteiger partial charge is 0.159 e. The maximum absolute atomic E-state index is 5.51. The summed E-state index contributed by atoms with van der Waals surface area (Å²) >= 11 is 3.28. The van der Waals surface area contributed by atoms with Crippen molar-refractivity contribution < 1.29 is 0 Å². The zero-order valence-electron chi connectivity index (χ0n) is 6.29. The number of nitrogen functional groups attached to an aromatic ring is 1. The van der Waals surface area contributed by atoms with E-state index in [1.165, 1.54) is 0 Å². The molecule has 0 aromatic carbocycles. The van der Waals surface area contributed by atoms with E-state index in [4.69, 9.17) is 5.73 Å². The molecule has 0 aliphatic heterocycles. The maximum atomic E-state index is 5.51. The largest absolute Gasteiger partial charge is 0.381 e. The number of rotatable bonds is 2. The van der Waals surface area contributed by atoms with E-state index in [1.54, 1.807) is 4.68 Å². The lowest BCUT2D eigenvalue weighted by atomic mass is 10.5. The van der Waals surface area contributed by atoms with E-state index < -0.39 is 0 Å². The van der Waals surface area contributed by atoms with E-state index in [0.29, 0.717) is 5.82 Å². The number of aromatic nitrogens is 2. The second kappa shape index (κ2) is 3.57. The molecule has 1 rings (SSSR count). The predicted molar refractivity (Wildman–Crippen MR) is 49.2 cm³/mol. The third-order valence-electron chi connectivity index (χ3n) is 1.27. The van der Waals surface area contributed by atoms with Crippen LogP contribution in [-0.4, -0.2) is 9.78 Å². The van der Waals surface area contributed by atoms with Gasteiger partial charge in [-0.05, 0) is 22.9 Å². The Balaban J connectivity index is 2.72. The van der Waals surface area contributed by atoms with Crippen LogP contribution in [0.25, 0.3) is 0 Å². The Kier molecular flexibility index (Phi) is 2.70. The number of nitrogens with zero attached hydrogens (tertiary/aromatic N) is 2. The first-order chi connectivity index (χ1) is 5.24. The first-order valence-corrected chi connectivity index (χ1v) is 4.13. The average molecular weight is 216 g/mol. The van der Waals surface area contributed by atoms with E-state index >= 15 is 0 Å². The fourth-order valence-electron chi connectivity index (χ4n) is 0.719. The molecule has 0 atom stereocenters. The monoisotopic (exact) mass is 215 g/mol. The van der Waals surface area contributed by atoms with Crippen LogP contribution < -0.4 is 5.73 Å². The van der Waals surface area contributed by atoms with E-state index in [1.807, 2.05) is 25.3 Å². The van der Waals surface area contributed by atoms with Crippen LogP contribution in [0.3, 0.4) is 0 Å². The van der Waals surface area contributed by atoms with Crippen LogP contribution >= 0.6 is 15.9 Å². The number of hydrogen-bond donors (Lipinski definition) is 1. The van der Waals surface area contributed by atoms with Gasteiger partial charge in [0, 0.05) is 6.20 Å². The van der Waals surface area contributed by atoms with Gasteiger partial charge in [-0.25, -0.2) is 0 Å². The molecule has 1 aromatic heterocycles. The zero-order chi connectivity index (χ0) is 8.27. The highest BCUT2D eigenvalue weighted by Gasteiger charge is 1.98. The summed E-state index contributed by atoms with van der Waals surface area (Å²) in [6, 6.07) is 0. The lowest BCUT2D eigenvalue weighted by Crippen LogP contribution is -1.96. The summed E-state index contributed by atoms with van der Waals surface area (Å²) < 4.78 is 2.63. The Bertz CT molecular complexity index is 245. The fourth-order valence-corrected chi connectivity index (χ4v) is 1.03. The highest BCUT2D eigenvalue weighted by Crippen LogP contribution is 2.15. The minimum atomic E-state index is 0.537. The molecule has 2 N–H and O–H groups in total. The van der Waals surface area contributed by atoms with Gasteiger partial charge >= 0.3 is 0 Å². The van der Waals surface area contributed by atoms with Crippen molar-refractivity contribution in [3.05, 3.63) is 22.8 Å². The predicted octanol–water partition coefficient (Wildman–Crippen LogP) is 1.80. The van der Waals surface area contributed by atoms with Crippen LogP contribution in [-0.2, 0) is 6.54 Å². The molecule has 1 heterocycles. The molecule has 0 aliphatic rings. The molecule has 0 bridgehead atoms. The summed E-state index contributed by atoms with van der Waals surface area (Å²) in [5.41, 5.74) is 5.51. The number of halogens is 1. The zero-order valence-corrected chi connectivity index (χ0v) is 7.87. The molecule has 0 spiro atoms. The van der Waals surface area contributed by atoms with E-state index in [9.17, 15) is 0 Å². The number of allylic oxidation sites excluding steroid dienone is 2. The quantitative estimate of drug-likeness (QED) is 0.766. The summed E-state index contributed by atoms with van der Waals surface area (Å²) in [6.45, 7) is 2.74. The molecular weight excluding hydrogens is 206 g/mol. The van der Waals surface area contributed by atoms with Crippen LogP contribution in [0.1, 0.15) is 6.92 Å². The lowest BCUT2D eigenvalue weighted by Gasteiger charge is -1.91. The summed E-state index contributed by atoms with van der Waals surface area (Å²) in [6.07, 6.45) is 5.85. The van der Waals surface area contributed by atoms with Gasteiger partial charge in [0.15, 0.2) is 5.82 Å². The van der Waals surface area contributed by atoms with Crippen molar-refractivity contribution in [1.82, 2.24) is 9.78 Å². The van der Waals surface area contributed by atoms with Gasteiger partial charge in [-0.2, -0.15) is 5.10 Å². The van der Waals surface area contributed by atoms with Crippen LogP contribution in [0.15, 0.2) is 22.8 Å². The van der Waals surface area contributed by atoms with Gasteiger partial charge in [-0.1, -0.05) is 12.2 Å². The number of anilines is 1. The van der Waals surface area contributed by atoms with Crippen LogP contribution in [0, 0.1) is 0 Å². The molecule has 3 nitrogen and oxygen atoms in total. The number of nitrogens with two attached hydrogens (primary N) is 1. The molecule has 0 saturated heterocycles. The van der Waals surface area contributed by atoms with Crippen molar-refractivity contribution in [1.29, 1.82) is 0 Å².